The van der Waals surface area contributed by atoms with Gasteiger partial charge in [0, 0.05) is 38.2 Å². The molecular weight excluding hydrogens is 382 g/mol. The Balaban J connectivity index is 1.86. The van der Waals surface area contributed by atoms with Crippen molar-refractivity contribution in [1.29, 1.82) is 0 Å². The first-order chi connectivity index (χ1) is 13.2. The van der Waals surface area contributed by atoms with E-state index in [1.54, 1.807) is 38.4 Å². The quantitative estimate of drug-likeness (QED) is 0.485. The van der Waals surface area contributed by atoms with E-state index in [0.717, 1.165) is 32.1 Å². The number of nitrogens with zero attached hydrogens (tertiary/aromatic N) is 2. The van der Waals surface area contributed by atoms with Crippen molar-refractivity contribution in [2.75, 3.05) is 14.2 Å². The topological polar surface area (TPSA) is 60.0 Å². The molecule has 136 valence electrons. The fourth-order valence-electron chi connectivity index (χ4n) is 2.80. The highest BCUT2D eigenvalue weighted by Gasteiger charge is 2.17. The Morgan fingerprint density at radius 3 is 2.59 bits per heavy atom. The van der Waals surface area contributed by atoms with Crippen molar-refractivity contribution < 1.29 is 9.47 Å². The third-order valence-electron chi connectivity index (χ3n) is 4.08. The number of hydrogen-bond acceptors (Lipinski definition) is 5. The number of methoxy groups -OCH3 is 2. The second kappa shape index (κ2) is 7.50. The molecule has 0 aliphatic heterocycles. The maximum absolute atomic E-state index is 6.02. The largest absolute Gasteiger partial charge is 0.491 e. The molecule has 0 radical (unpaired) electrons. The van der Waals surface area contributed by atoms with Gasteiger partial charge < -0.3 is 14.5 Å². The number of pyridine rings is 2. The van der Waals surface area contributed by atoms with E-state index in [0.29, 0.717) is 16.7 Å². The molecule has 0 unspecified atom stereocenters. The maximum Gasteiger partial charge on any atom is 0.256 e. The summed E-state index contributed by atoms with van der Waals surface area (Å²) in [4.78, 5) is 14.4. The molecule has 0 aliphatic rings. The Bertz CT molecular complexity index is 1100. The monoisotopic (exact) mass is 397 g/mol. The van der Waals surface area contributed by atoms with Crippen molar-refractivity contribution in [3.8, 4) is 22.9 Å². The lowest BCUT2D eigenvalue weighted by Gasteiger charge is -2.09. The molecular formula is C20H16ClN3O2S. The molecule has 0 amide bonds. The number of aromatic amines is 1. The van der Waals surface area contributed by atoms with Gasteiger partial charge in [-0.1, -0.05) is 23.4 Å². The van der Waals surface area contributed by atoms with Crippen LogP contribution in [0.25, 0.3) is 22.3 Å². The van der Waals surface area contributed by atoms with Gasteiger partial charge in [-0.15, -0.1) is 0 Å². The van der Waals surface area contributed by atoms with E-state index in [-0.39, 0.29) is 0 Å². The van der Waals surface area contributed by atoms with Crippen LogP contribution in [-0.4, -0.2) is 29.2 Å². The Labute approximate surface area is 165 Å². The van der Waals surface area contributed by atoms with Gasteiger partial charge in [0.05, 0.1) is 19.9 Å². The zero-order chi connectivity index (χ0) is 18.8. The zero-order valence-electron chi connectivity index (χ0n) is 14.7. The van der Waals surface area contributed by atoms with E-state index in [4.69, 9.17) is 21.1 Å². The van der Waals surface area contributed by atoms with Crippen molar-refractivity contribution >= 4 is 34.4 Å². The van der Waals surface area contributed by atoms with Gasteiger partial charge in [0.1, 0.15) is 5.65 Å². The predicted molar refractivity (Wildman–Crippen MR) is 108 cm³/mol. The van der Waals surface area contributed by atoms with Crippen molar-refractivity contribution in [3.05, 3.63) is 59.9 Å². The molecule has 3 heterocycles. The van der Waals surface area contributed by atoms with Crippen LogP contribution in [0.3, 0.4) is 0 Å². The van der Waals surface area contributed by atoms with Gasteiger partial charge in [-0.05, 0) is 42.5 Å². The molecule has 0 atom stereocenters. The molecule has 0 fully saturated rings. The van der Waals surface area contributed by atoms with Gasteiger partial charge in [-0.3, -0.25) is 0 Å². The standard InChI is InChI=1S/C20H16ClN3O2S/c1-25-16-10-12(11-23-20(16)26-2)17-18(15-4-3-9-22-19(15)24-17)27-14-7-5-13(21)6-8-14/h3-11H,1-2H3,(H,22,24). The maximum atomic E-state index is 6.02. The van der Waals surface area contributed by atoms with E-state index < -0.39 is 0 Å². The van der Waals surface area contributed by atoms with Crippen LogP contribution in [0.15, 0.2) is 64.6 Å². The first kappa shape index (κ1) is 17.7. The Morgan fingerprint density at radius 1 is 1.04 bits per heavy atom. The number of ether oxygens (including phenoxy) is 2. The minimum Gasteiger partial charge on any atom is -0.491 e. The molecule has 1 N–H and O–H groups in total. The summed E-state index contributed by atoms with van der Waals surface area (Å²) in [7, 11) is 3.17. The summed E-state index contributed by atoms with van der Waals surface area (Å²) in [6.45, 7) is 0. The van der Waals surface area contributed by atoms with E-state index in [1.165, 1.54) is 0 Å². The van der Waals surface area contributed by atoms with Gasteiger partial charge in [0.15, 0.2) is 5.75 Å². The molecule has 3 aromatic heterocycles. The van der Waals surface area contributed by atoms with Crippen LogP contribution in [-0.2, 0) is 0 Å². The molecule has 0 saturated carbocycles. The molecule has 27 heavy (non-hydrogen) atoms. The van der Waals surface area contributed by atoms with E-state index >= 15 is 0 Å². The summed E-state index contributed by atoms with van der Waals surface area (Å²) < 4.78 is 10.7. The molecule has 4 aromatic rings. The average Bonchev–Trinajstić information content (AvgIpc) is 3.07. The number of halogens is 1. The van der Waals surface area contributed by atoms with Crippen LogP contribution in [0.5, 0.6) is 11.6 Å². The first-order valence-electron chi connectivity index (χ1n) is 8.18. The highest BCUT2D eigenvalue weighted by atomic mass is 35.5. The molecule has 1 aromatic carbocycles. The minimum atomic E-state index is 0.447. The summed E-state index contributed by atoms with van der Waals surface area (Å²) in [6.07, 6.45) is 3.53. The predicted octanol–water partition coefficient (Wildman–Crippen LogP) is 5.45. The summed E-state index contributed by atoms with van der Waals surface area (Å²) in [5.74, 6) is 1.02. The van der Waals surface area contributed by atoms with E-state index in [2.05, 4.69) is 21.0 Å². The molecule has 0 aliphatic carbocycles. The van der Waals surface area contributed by atoms with Gasteiger partial charge >= 0.3 is 0 Å². The lowest BCUT2D eigenvalue weighted by Crippen LogP contribution is -1.94. The van der Waals surface area contributed by atoms with Crippen LogP contribution >= 0.6 is 23.4 Å². The summed E-state index contributed by atoms with van der Waals surface area (Å²) in [5, 5.41) is 1.76. The Kier molecular flexibility index (Phi) is 4.92. The third kappa shape index (κ3) is 3.46. The number of fused-ring (bicyclic) bond motifs is 1. The number of benzene rings is 1. The number of hydrogen-bond donors (Lipinski definition) is 1. The second-order valence-corrected chi connectivity index (χ2v) is 7.24. The van der Waals surface area contributed by atoms with Crippen LogP contribution < -0.4 is 9.47 Å². The van der Waals surface area contributed by atoms with Gasteiger partial charge in [0.2, 0.25) is 0 Å². The smallest absolute Gasteiger partial charge is 0.256 e. The zero-order valence-corrected chi connectivity index (χ0v) is 16.3. The highest BCUT2D eigenvalue weighted by Crippen LogP contribution is 2.42. The number of rotatable bonds is 5. The molecule has 4 rings (SSSR count). The fraction of sp³-hybridized carbons (Fsp3) is 0.100. The summed E-state index contributed by atoms with van der Waals surface area (Å²) >= 11 is 7.67. The van der Waals surface area contributed by atoms with Crippen molar-refractivity contribution in [1.82, 2.24) is 15.0 Å². The molecule has 0 saturated heterocycles. The highest BCUT2D eigenvalue weighted by molar-refractivity contribution is 7.99. The number of aromatic nitrogens is 3. The molecule has 0 bridgehead atoms. The van der Waals surface area contributed by atoms with Crippen LogP contribution in [0.1, 0.15) is 0 Å². The van der Waals surface area contributed by atoms with Crippen molar-refractivity contribution in [3.63, 3.8) is 0 Å². The molecule has 0 spiro atoms. The molecule has 5 nitrogen and oxygen atoms in total. The Hall–Kier alpha value is -2.70. The second-order valence-electron chi connectivity index (χ2n) is 5.72. The van der Waals surface area contributed by atoms with E-state index in [1.807, 2.05) is 36.4 Å². The first-order valence-corrected chi connectivity index (χ1v) is 9.37. The Morgan fingerprint density at radius 2 is 1.85 bits per heavy atom. The summed E-state index contributed by atoms with van der Waals surface area (Å²) in [5.41, 5.74) is 2.64. The van der Waals surface area contributed by atoms with Gasteiger partial charge in [-0.25, -0.2) is 9.97 Å². The van der Waals surface area contributed by atoms with Crippen LogP contribution in [0.4, 0.5) is 0 Å². The average molecular weight is 398 g/mol. The third-order valence-corrected chi connectivity index (χ3v) is 5.46. The van der Waals surface area contributed by atoms with E-state index in [9.17, 15) is 0 Å². The molecule has 7 heteroatoms. The van der Waals surface area contributed by atoms with Crippen molar-refractivity contribution in [2.45, 2.75) is 9.79 Å². The fourth-order valence-corrected chi connectivity index (χ4v) is 3.98. The SMILES string of the molecule is COc1cc(-c2[nH]c3ncccc3c2Sc2ccc(Cl)cc2)cnc1OC. The lowest BCUT2D eigenvalue weighted by molar-refractivity contribution is 0.343. The van der Waals surface area contributed by atoms with Crippen molar-refractivity contribution in [2.24, 2.45) is 0 Å². The summed E-state index contributed by atoms with van der Waals surface area (Å²) in [6, 6.07) is 13.6. The number of H-pyrrole nitrogens is 1. The normalized spacial score (nSPS) is 10.9. The van der Waals surface area contributed by atoms with Crippen LogP contribution in [0.2, 0.25) is 5.02 Å². The van der Waals surface area contributed by atoms with Gasteiger partial charge in [0.25, 0.3) is 5.88 Å². The number of nitrogens with one attached hydrogen (secondary N) is 1. The lowest BCUT2D eigenvalue weighted by atomic mass is 10.2. The minimum absolute atomic E-state index is 0.447. The van der Waals surface area contributed by atoms with Gasteiger partial charge in [-0.2, -0.15) is 0 Å². The van der Waals surface area contributed by atoms with Crippen LogP contribution in [0, 0.1) is 0 Å².